The Balaban J connectivity index is 4.70. The number of rotatable bonds is 13. The van der Waals surface area contributed by atoms with E-state index in [-0.39, 0.29) is 51.2 Å². The number of hydrogen-bond acceptors (Lipinski definition) is 6. The van der Waals surface area contributed by atoms with Crippen LogP contribution in [0.2, 0.25) is 0 Å². The molecular formula is C18H24N2O6. The molecule has 0 aromatic heterocycles. The van der Waals surface area contributed by atoms with Crippen molar-refractivity contribution in [2.75, 3.05) is 39.4 Å². The number of amides is 2. The highest BCUT2D eigenvalue weighted by Crippen LogP contribution is 1.98. The van der Waals surface area contributed by atoms with Crippen LogP contribution in [0, 0.1) is 0 Å². The third-order valence-corrected chi connectivity index (χ3v) is 3.16. The summed E-state index contributed by atoms with van der Waals surface area (Å²) in [6.45, 7) is 14.0. The molecule has 8 nitrogen and oxygen atoms in total. The molecule has 0 aliphatic rings. The maximum absolute atomic E-state index is 11.9. The molecule has 26 heavy (non-hydrogen) atoms. The molecule has 0 aliphatic carbocycles. The Kier molecular flexibility index (Phi) is 11.6. The van der Waals surface area contributed by atoms with E-state index < -0.39 is 11.9 Å². The van der Waals surface area contributed by atoms with Gasteiger partial charge in [0, 0.05) is 25.2 Å². The van der Waals surface area contributed by atoms with E-state index >= 15 is 0 Å². The molecule has 0 bridgehead atoms. The number of esters is 2. The summed E-state index contributed by atoms with van der Waals surface area (Å²) in [5.41, 5.74) is 0. The zero-order chi connectivity index (χ0) is 19.9. The second-order valence-electron chi connectivity index (χ2n) is 4.80. The Labute approximate surface area is 153 Å². The van der Waals surface area contributed by atoms with Crippen molar-refractivity contribution in [1.82, 2.24) is 9.80 Å². The number of carbonyl (C=O) groups excluding carboxylic acids is 4. The quantitative estimate of drug-likeness (QED) is 0.348. The molecule has 2 amide bonds. The second-order valence-corrected chi connectivity index (χ2v) is 4.80. The first-order chi connectivity index (χ1) is 12.4. The lowest BCUT2D eigenvalue weighted by molar-refractivity contribution is -0.141. The molecule has 0 saturated carbocycles. The van der Waals surface area contributed by atoms with Gasteiger partial charge in [-0.25, -0.2) is 9.59 Å². The van der Waals surface area contributed by atoms with Crippen LogP contribution in [0.5, 0.6) is 0 Å². The fraction of sp³-hybridized carbons (Fsp3) is 0.333. The van der Waals surface area contributed by atoms with Crippen molar-refractivity contribution < 1.29 is 28.7 Å². The molecule has 0 N–H and O–H groups in total. The maximum Gasteiger partial charge on any atom is 0.330 e. The van der Waals surface area contributed by atoms with Crippen LogP contribution in [0.3, 0.4) is 0 Å². The first-order valence-corrected chi connectivity index (χ1v) is 7.80. The van der Waals surface area contributed by atoms with Crippen molar-refractivity contribution in [3.63, 3.8) is 0 Å². The van der Waals surface area contributed by atoms with E-state index in [4.69, 9.17) is 9.47 Å². The second kappa shape index (κ2) is 13.2. The van der Waals surface area contributed by atoms with Crippen molar-refractivity contribution in [2.45, 2.75) is 0 Å². The van der Waals surface area contributed by atoms with Crippen LogP contribution in [0.25, 0.3) is 0 Å². The van der Waals surface area contributed by atoms with Gasteiger partial charge in [-0.1, -0.05) is 26.3 Å². The predicted octanol–water partition coefficient (Wildman–Crippen LogP) is 0.474. The molecular weight excluding hydrogens is 340 g/mol. The lowest BCUT2D eigenvalue weighted by Crippen LogP contribution is -2.42. The van der Waals surface area contributed by atoms with E-state index in [1.807, 2.05) is 0 Å². The van der Waals surface area contributed by atoms with Crippen molar-refractivity contribution in [1.29, 1.82) is 0 Å². The summed E-state index contributed by atoms with van der Waals surface area (Å²) in [6, 6.07) is 0. The van der Waals surface area contributed by atoms with Gasteiger partial charge in [-0.2, -0.15) is 0 Å². The van der Waals surface area contributed by atoms with E-state index in [0.29, 0.717) is 0 Å². The van der Waals surface area contributed by atoms with Gasteiger partial charge in [-0.3, -0.25) is 9.59 Å². The summed E-state index contributed by atoms with van der Waals surface area (Å²) < 4.78 is 9.69. The summed E-state index contributed by atoms with van der Waals surface area (Å²) in [4.78, 5) is 48.6. The standard InChI is InChI=1S/C18H24N2O6/c1-5-15(21)19(11-13-25-17(23)7-3)9-10-20(16(22)6-2)12-14-26-18(24)8-4/h5-8H,1-4,9-14H2. The molecule has 0 aliphatic heterocycles. The summed E-state index contributed by atoms with van der Waals surface area (Å²) in [5, 5.41) is 0. The smallest absolute Gasteiger partial charge is 0.330 e. The van der Waals surface area contributed by atoms with Gasteiger partial charge in [-0.05, 0) is 12.2 Å². The molecule has 0 unspecified atom stereocenters. The number of carbonyl (C=O) groups is 4. The lowest BCUT2D eigenvalue weighted by Gasteiger charge is -2.26. The van der Waals surface area contributed by atoms with Crippen molar-refractivity contribution in [2.24, 2.45) is 0 Å². The first-order valence-electron chi connectivity index (χ1n) is 7.80. The maximum atomic E-state index is 11.9. The molecule has 0 fully saturated rings. The van der Waals surface area contributed by atoms with Gasteiger partial charge in [-0.15, -0.1) is 0 Å². The summed E-state index contributed by atoms with van der Waals surface area (Å²) >= 11 is 0. The zero-order valence-electron chi connectivity index (χ0n) is 14.7. The minimum atomic E-state index is -0.594. The SMILES string of the molecule is C=CC(=O)OCCN(CCN(CCOC(=O)C=C)C(=O)C=C)C(=O)C=C. The summed E-state index contributed by atoms with van der Waals surface area (Å²) in [5.74, 6) is -1.93. The topological polar surface area (TPSA) is 93.2 Å². The fourth-order valence-electron chi connectivity index (χ4n) is 1.79. The van der Waals surface area contributed by atoms with Gasteiger partial charge in [0.15, 0.2) is 0 Å². The summed E-state index contributed by atoms with van der Waals surface area (Å²) in [6.07, 6.45) is 4.30. The van der Waals surface area contributed by atoms with Crippen LogP contribution < -0.4 is 0 Å². The van der Waals surface area contributed by atoms with E-state index in [2.05, 4.69) is 26.3 Å². The largest absolute Gasteiger partial charge is 0.461 e. The van der Waals surface area contributed by atoms with Crippen LogP contribution in [0.1, 0.15) is 0 Å². The monoisotopic (exact) mass is 364 g/mol. The van der Waals surface area contributed by atoms with Crippen LogP contribution in [-0.2, 0) is 28.7 Å². The highest BCUT2D eigenvalue weighted by atomic mass is 16.5. The first kappa shape index (κ1) is 22.8. The number of ether oxygens (including phenoxy) is 2. The molecule has 0 aromatic rings. The zero-order valence-corrected chi connectivity index (χ0v) is 14.7. The molecule has 0 saturated heterocycles. The normalized spacial score (nSPS) is 9.38. The Morgan fingerprint density at radius 2 is 0.962 bits per heavy atom. The van der Waals surface area contributed by atoms with Crippen molar-refractivity contribution in [3.05, 3.63) is 50.6 Å². The van der Waals surface area contributed by atoms with Crippen LogP contribution in [0.15, 0.2) is 50.6 Å². The van der Waals surface area contributed by atoms with Gasteiger partial charge >= 0.3 is 11.9 Å². The van der Waals surface area contributed by atoms with Crippen LogP contribution in [0.4, 0.5) is 0 Å². The van der Waals surface area contributed by atoms with E-state index in [0.717, 1.165) is 24.3 Å². The average molecular weight is 364 g/mol. The molecule has 8 heteroatoms. The minimum Gasteiger partial charge on any atom is -0.461 e. The highest BCUT2D eigenvalue weighted by Gasteiger charge is 2.16. The minimum absolute atomic E-state index is 0.0171. The molecule has 142 valence electrons. The van der Waals surface area contributed by atoms with E-state index in [1.165, 1.54) is 9.80 Å². The van der Waals surface area contributed by atoms with Gasteiger partial charge in [0.05, 0.1) is 13.1 Å². The average Bonchev–Trinajstić information content (AvgIpc) is 2.66. The Morgan fingerprint density at radius 1 is 0.615 bits per heavy atom. The predicted molar refractivity (Wildman–Crippen MR) is 95.9 cm³/mol. The molecule has 0 atom stereocenters. The van der Waals surface area contributed by atoms with Crippen LogP contribution >= 0.6 is 0 Å². The van der Waals surface area contributed by atoms with Gasteiger partial charge in [0.2, 0.25) is 11.8 Å². The van der Waals surface area contributed by atoms with E-state index in [1.54, 1.807) is 0 Å². The molecule has 0 aromatic carbocycles. The third-order valence-electron chi connectivity index (χ3n) is 3.16. The van der Waals surface area contributed by atoms with Crippen molar-refractivity contribution in [3.8, 4) is 0 Å². The number of nitrogens with zero attached hydrogens (tertiary/aromatic N) is 2. The molecule has 0 spiro atoms. The Morgan fingerprint density at radius 3 is 1.23 bits per heavy atom. The van der Waals surface area contributed by atoms with Gasteiger partial charge in [0.25, 0.3) is 0 Å². The molecule has 0 heterocycles. The fourth-order valence-corrected chi connectivity index (χ4v) is 1.79. The third kappa shape index (κ3) is 9.21. The Hall–Kier alpha value is -3.16. The summed E-state index contributed by atoms with van der Waals surface area (Å²) in [7, 11) is 0. The van der Waals surface area contributed by atoms with E-state index in [9.17, 15) is 19.2 Å². The van der Waals surface area contributed by atoms with Crippen molar-refractivity contribution >= 4 is 23.8 Å². The molecule has 0 rings (SSSR count). The number of hydrogen-bond donors (Lipinski definition) is 0. The highest BCUT2D eigenvalue weighted by molar-refractivity contribution is 5.88. The van der Waals surface area contributed by atoms with Gasteiger partial charge < -0.3 is 19.3 Å². The van der Waals surface area contributed by atoms with Crippen LogP contribution in [-0.4, -0.2) is 72.9 Å². The Bertz CT molecular complexity index is 520. The lowest BCUT2D eigenvalue weighted by atomic mass is 10.3. The van der Waals surface area contributed by atoms with Gasteiger partial charge in [0.1, 0.15) is 13.2 Å². The molecule has 0 radical (unpaired) electrons.